The van der Waals surface area contributed by atoms with Gasteiger partial charge in [0.2, 0.25) is 5.82 Å². The van der Waals surface area contributed by atoms with Crippen LogP contribution in [0.25, 0.3) is 0 Å². The van der Waals surface area contributed by atoms with Gasteiger partial charge < -0.3 is 9.47 Å². The zero-order chi connectivity index (χ0) is 16.7. The van der Waals surface area contributed by atoms with Gasteiger partial charge in [0, 0.05) is 18.1 Å². The van der Waals surface area contributed by atoms with Crippen LogP contribution in [0.2, 0.25) is 10.2 Å². The molecule has 0 amide bonds. The number of hydrogen-bond acceptors (Lipinski definition) is 3. The van der Waals surface area contributed by atoms with E-state index in [0.29, 0.717) is 22.5 Å². The lowest BCUT2D eigenvalue weighted by molar-refractivity contribution is 0.728. The smallest absolute Gasteiger partial charge is 0.293 e. The minimum atomic E-state index is -0.148. The molecule has 0 spiro atoms. The number of nitrogens with zero attached hydrogens (tertiary/aromatic N) is 3. The van der Waals surface area contributed by atoms with Gasteiger partial charge in [0.05, 0.1) is 16.4 Å². The minimum Gasteiger partial charge on any atom is -0.320 e. The van der Waals surface area contributed by atoms with Crippen molar-refractivity contribution >= 4 is 50.6 Å². The summed E-state index contributed by atoms with van der Waals surface area (Å²) in [5, 5.41) is 0.982. The molecule has 3 rings (SSSR count). The average molecular weight is 417 g/mol. The monoisotopic (exact) mass is 415 g/mol. The van der Waals surface area contributed by atoms with Gasteiger partial charge in [-0.05, 0) is 30.5 Å². The predicted octanol–water partition coefficient (Wildman–Crippen LogP) is 4.50. The first-order valence-electron chi connectivity index (χ1n) is 7.45. The molecule has 0 unspecified atom stereocenters. The molecule has 0 fully saturated rings. The molecule has 0 aliphatic carbocycles. The largest absolute Gasteiger partial charge is 0.320 e. The molecule has 0 radical (unpaired) electrons. The molecule has 4 nitrogen and oxygen atoms in total. The Morgan fingerprint density at radius 2 is 2.09 bits per heavy atom. The van der Waals surface area contributed by atoms with Crippen molar-refractivity contribution < 1.29 is 0 Å². The van der Waals surface area contributed by atoms with E-state index in [1.807, 2.05) is 24.0 Å². The maximum absolute atomic E-state index is 12.7. The molecule has 122 valence electrons. The number of halogens is 3. The highest BCUT2D eigenvalue weighted by atomic mass is 79.9. The van der Waals surface area contributed by atoms with Crippen LogP contribution in [0.3, 0.4) is 0 Å². The first-order valence-corrected chi connectivity index (χ1v) is 8.99. The van der Waals surface area contributed by atoms with Gasteiger partial charge in [0.15, 0.2) is 5.15 Å². The average Bonchev–Trinajstić information content (AvgIpc) is 2.91. The highest BCUT2D eigenvalue weighted by molar-refractivity contribution is 9.10. The molecule has 2 heterocycles. The van der Waals surface area contributed by atoms with Gasteiger partial charge in [-0.1, -0.05) is 52.5 Å². The van der Waals surface area contributed by atoms with E-state index in [0.717, 1.165) is 40.7 Å². The van der Waals surface area contributed by atoms with Crippen molar-refractivity contribution in [3.63, 3.8) is 0 Å². The van der Waals surface area contributed by atoms with Crippen molar-refractivity contribution in [1.29, 1.82) is 0 Å². The molecule has 0 bridgehead atoms. The first kappa shape index (κ1) is 16.8. The van der Waals surface area contributed by atoms with Gasteiger partial charge in [0.1, 0.15) is 0 Å². The summed E-state index contributed by atoms with van der Waals surface area (Å²) in [7, 11) is 1.74. The van der Waals surface area contributed by atoms with Crippen molar-refractivity contribution in [3.05, 3.63) is 48.4 Å². The topological polar surface area (TPSA) is 38.1 Å². The van der Waals surface area contributed by atoms with Crippen LogP contribution in [0.15, 0.2) is 21.4 Å². The molecule has 1 aromatic heterocycles. The second-order valence-electron chi connectivity index (χ2n) is 5.58. The third-order valence-electron chi connectivity index (χ3n) is 4.07. The van der Waals surface area contributed by atoms with Crippen LogP contribution in [-0.4, -0.2) is 16.1 Å². The Labute approximate surface area is 153 Å². The van der Waals surface area contributed by atoms with Crippen LogP contribution < -0.4 is 10.5 Å². The zero-order valence-corrected chi connectivity index (χ0v) is 16.0. The van der Waals surface area contributed by atoms with Crippen LogP contribution in [0.4, 0.5) is 11.5 Å². The van der Waals surface area contributed by atoms with Gasteiger partial charge >= 0.3 is 0 Å². The molecule has 0 saturated heterocycles. The Balaban J connectivity index is 2.15. The van der Waals surface area contributed by atoms with Gasteiger partial charge in [-0.2, -0.15) is 0 Å². The molecule has 2 aromatic rings. The van der Waals surface area contributed by atoms with Gasteiger partial charge in [-0.25, -0.2) is 4.98 Å². The first-order chi connectivity index (χ1) is 10.9. The Kier molecular flexibility index (Phi) is 4.72. The molecule has 0 atom stereocenters. The molecule has 1 aliphatic heterocycles. The lowest BCUT2D eigenvalue weighted by atomic mass is 10.2. The summed E-state index contributed by atoms with van der Waals surface area (Å²) in [5.74, 6) is 0.334. The van der Waals surface area contributed by atoms with Crippen molar-refractivity contribution in [2.45, 2.75) is 26.2 Å². The summed E-state index contributed by atoms with van der Waals surface area (Å²) in [6.45, 7) is 2.71. The summed E-state index contributed by atoms with van der Waals surface area (Å²) < 4.78 is 2.53. The lowest BCUT2D eigenvalue weighted by Crippen LogP contribution is -2.30. The molecular formula is C16H16BrCl2N3O. The summed E-state index contributed by atoms with van der Waals surface area (Å²) in [6.07, 6.45) is 2.44. The third-order valence-corrected chi connectivity index (χ3v) is 5.12. The number of fused-ring (bicyclic) bond motifs is 1. The molecule has 7 heteroatoms. The van der Waals surface area contributed by atoms with Gasteiger partial charge in [-0.15, -0.1) is 0 Å². The predicted molar refractivity (Wildman–Crippen MR) is 98.3 cm³/mol. The minimum absolute atomic E-state index is 0.148. The van der Waals surface area contributed by atoms with Crippen molar-refractivity contribution in [3.8, 4) is 0 Å². The van der Waals surface area contributed by atoms with Crippen LogP contribution in [0, 0.1) is 0 Å². The zero-order valence-electron chi connectivity index (χ0n) is 12.9. The SMILES string of the molecule is CCCc1c(Cl)nc(N2CCc3cc(Br)cc(Cl)c32)c(=O)n1C. The van der Waals surface area contributed by atoms with E-state index < -0.39 is 0 Å². The molecule has 1 aliphatic rings. The van der Waals surface area contributed by atoms with Crippen molar-refractivity contribution in [2.75, 3.05) is 11.4 Å². The second kappa shape index (κ2) is 6.46. The number of hydrogen-bond donors (Lipinski definition) is 0. The lowest BCUT2D eigenvalue weighted by Gasteiger charge is -2.21. The third kappa shape index (κ3) is 2.90. The van der Waals surface area contributed by atoms with E-state index in [1.54, 1.807) is 11.6 Å². The van der Waals surface area contributed by atoms with E-state index in [2.05, 4.69) is 20.9 Å². The summed E-state index contributed by atoms with van der Waals surface area (Å²) >= 11 is 16.2. The molecule has 0 saturated carbocycles. The number of anilines is 2. The van der Waals surface area contributed by atoms with Crippen LogP contribution >= 0.6 is 39.1 Å². The fourth-order valence-corrected chi connectivity index (χ4v) is 4.25. The number of rotatable bonds is 3. The van der Waals surface area contributed by atoms with E-state index in [-0.39, 0.29) is 5.56 Å². The Morgan fingerprint density at radius 1 is 1.35 bits per heavy atom. The fraction of sp³-hybridized carbons (Fsp3) is 0.375. The number of benzene rings is 1. The highest BCUT2D eigenvalue weighted by Gasteiger charge is 2.28. The second-order valence-corrected chi connectivity index (χ2v) is 7.26. The molecule has 1 aromatic carbocycles. The summed E-state index contributed by atoms with van der Waals surface area (Å²) in [4.78, 5) is 19.0. The van der Waals surface area contributed by atoms with Gasteiger partial charge in [-0.3, -0.25) is 4.79 Å². The highest BCUT2D eigenvalue weighted by Crippen LogP contribution is 2.40. The maximum Gasteiger partial charge on any atom is 0.293 e. The van der Waals surface area contributed by atoms with Crippen molar-refractivity contribution in [2.24, 2.45) is 7.05 Å². The molecule has 23 heavy (non-hydrogen) atoms. The standard InChI is InChI=1S/C16H16BrCl2N3O/c1-3-4-12-14(19)20-15(16(23)21(12)2)22-6-5-9-7-10(17)8-11(18)13(9)22/h7-8H,3-6H2,1-2H3. The van der Waals surface area contributed by atoms with E-state index in [9.17, 15) is 4.79 Å². The maximum atomic E-state index is 12.7. The number of aromatic nitrogens is 2. The van der Waals surface area contributed by atoms with E-state index >= 15 is 0 Å². The Bertz CT molecular complexity index is 835. The van der Waals surface area contributed by atoms with Crippen LogP contribution in [0.1, 0.15) is 24.6 Å². The molecule has 0 N–H and O–H groups in total. The summed E-state index contributed by atoms with van der Waals surface area (Å²) in [5.41, 5.74) is 2.56. The molecular weight excluding hydrogens is 401 g/mol. The fourth-order valence-electron chi connectivity index (χ4n) is 2.97. The quantitative estimate of drug-likeness (QED) is 0.739. The van der Waals surface area contributed by atoms with Crippen molar-refractivity contribution in [1.82, 2.24) is 9.55 Å². The normalized spacial score (nSPS) is 13.5. The van der Waals surface area contributed by atoms with Gasteiger partial charge in [0.25, 0.3) is 5.56 Å². The Morgan fingerprint density at radius 3 is 2.78 bits per heavy atom. The Hall–Kier alpha value is -1.04. The van der Waals surface area contributed by atoms with E-state index in [4.69, 9.17) is 23.2 Å². The summed E-state index contributed by atoms with van der Waals surface area (Å²) in [6, 6.07) is 3.86. The van der Waals surface area contributed by atoms with E-state index in [1.165, 1.54) is 0 Å². The van der Waals surface area contributed by atoms with Crippen LogP contribution in [-0.2, 0) is 19.9 Å². The van der Waals surface area contributed by atoms with Crippen LogP contribution in [0.5, 0.6) is 0 Å².